The number of pyridine rings is 2. The van der Waals surface area contributed by atoms with Gasteiger partial charge in [0.2, 0.25) is 0 Å². The van der Waals surface area contributed by atoms with Gasteiger partial charge in [-0.2, -0.15) is 0 Å². The molecule has 6 aromatic heterocycles. The van der Waals surface area contributed by atoms with Gasteiger partial charge in [-0.3, -0.25) is 23.5 Å². The second-order valence-electron chi connectivity index (χ2n) is 11.6. The van der Waals surface area contributed by atoms with E-state index in [-0.39, 0.29) is 28.5 Å². The standard InChI is InChI=1S/C22H18N6O2S.C15H14N2OS/c1-13(25-21(29)17-19(23)26-27-10-5-9-24-20(17)27)16-12-14-8-11-31-18(14)22(30)28(16)15-6-3-2-4-7-15;1-10(16)13-9-11-7-8-19-14(11)15(18)17(13)12-5-3-2-4-6-12/h2-13H,1H3,(H2,23,26)(H,25,29);2-10H,16H2,1H3/t13-;10-/m00/s1. The zero-order valence-electron chi connectivity index (χ0n) is 27.1. The molecule has 250 valence electrons. The van der Waals surface area contributed by atoms with E-state index in [4.69, 9.17) is 11.5 Å². The predicted molar refractivity (Wildman–Crippen MR) is 201 cm³/mol. The number of aromatic nitrogens is 5. The number of hydrogen-bond acceptors (Lipinski definition) is 9. The Morgan fingerprint density at radius 1 is 0.780 bits per heavy atom. The fourth-order valence-corrected chi connectivity index (χ4v) is 7.52. The first-order valence-corrected chi connectivity index (χ1v) is 17.5. The van der Waals surface area contributed by atoms with Crippen LogP contribution in [0.4, 0.5) is 5.82 Å². The number of fused-ring (bicyclic) bond motifs is 3. The Kier molecular flexibility index (Phi) is 8.85. The largest absolute Gasteiger partial charge is 0.381 e. The molecule has 0 fully saturated rings. The second kappa shape index (κ2) is 13.6. The number of hydrogen-bond donors (Lipinski definition) is 3. The van der Waals surface area contributed by atoms with Crippen molar-refractivity contribution >= 4 is 60.2 Å². The summed E-state index contributed by atoms with van der Waals surface area (Å²) in [6.45, 7) is 3.73. The van der Waals surface area contributed by atoms with Crippen LogP contribution in [-0.2, 0) is 0 Å². The Morgan fingerprint density at radius 2 is 1.32 bits per heavy atom. The molecule has 2 atom stereocenters. The Bertz CT molecular complexity index is 2600. The van der Waals surface area contributed by atoms with E-state index in [1.165, 1.54) is 27.2 Å². The van der Waals surface area contributed by atoms with Crippen LogP contribution in [0.3, 0.4) is 0 Å². The lowest BCUT2D eigenvalue weighted by Gasteiger charge is -2.20. The number of nitrogens with zero attached hydrogens (tertiary/aromatic N) is 5. The van der Waals surface area contributed by atoms with Gasteiger partial charge in [0.1, 0.15) is 15.0 Å². The number of anilines is 1. The maximum absolute atomic E-state index is 13.3. The molecule has 0 unspecified atom stereocenters. The van der Waals surface area contributed by atoms with Crippen LogP contribution in [0, 0.1) is 0 Å². The van der Waals surface area contributed by atoms with E-state index in [9.17, 15) is 14.4 Å². The lowest BCUT2D eigenvalue weighted by molar-refractivity contribution is 0.0941. The van der Waals surface area contributed by atoms with Gasteiger partial charge < -0.3 is 16.8 Å². The summed E-state index contributed by atoms with van der Waals surface area (Å²) in [6, 6.07) is 27.8. The second-order valence-corrected chi connectivity index (χ2v) is 13.5. The molecule has 0 aliphatic rings. The lowest BCUT2D eigenvalue weighted by atomic mass is 10.1. The van der Waals surface area contributed by atoms with Crippen molar-refractivity contribution in [2.45, 2.75) is 25.9 Å². The van der Waals surface area contributed by atoms with Gasteiger partial charge in [0.25, 0.3) is 17.0 Å². The molecular formula is C37H32N8O3S2. The number of nitrogen functional groups attached to an aromatic ring is 1. The minimum atomic E-state index is -0.484. The Morgan fingerprint density at radius 3 is 1.88 bits per heavy atom. The van der Waals surface area contributed by atoms with Crippen LogP contribution >= 0.6 is 22.7 Å². The van der Waals surface area contributed by atoms with Crippen molar-refractivity contribution in [3.8, 4) is 11.4 Å². The Hall–Kier alpha value is -5.89. The van der Waals surface area contributed by atoms with E-state index in [0.717, 1.165) is 32.5 Å². The maximum atomic E-state index is 13.3. The Balaban J connectivity index is 0.000000176. The molecule has 6 heterocycles. The predicted octanol–water partition coefficient (Wildman–Crippen LogP) is 6.24. The number of carbonyl (C=O) groups excluding carboxylic acids is 1. The first kappa shape index (κ1) is 32.6. The normalized spacial score (nSPS) is 12.5. The van der Waals surface area contributed by atoms with E-state index in [2.05, 4.69) is 15.4 Å². The number of benzene rings is 2. The Labute approximate surface area is 293 Å². The summed E-state index contributed by atoms with van der Waals surface area (Å²) < 4.78 is 6.26. The summed E-state index contributed by atoms with van der Waals surface area (Å²) in [4.78, 5) is 43.2. The molecule has 50 heavy (non-hydrogen) atoms. The molecular weight excluding hydrogens is 669 g/mol. The quantitative estimate of drug-likeness (QED) is 0.186. The van der Waals surface area contributed by atoms with Crippen molar-refractivity contribution in [1.29, 1.82) is 0 Å². The molecule has 0 saturated carbocycles. The van der Waals surface area contributed by atoms with Gasteiger partial charge in [0, 0.05) is 41.2 Å². The number of thiophene rings is 2. The fraction of sp³-hybridized carbons (Fsp3) is 0.108. The van der Waals surface area contributed by atoms with Gasteiger partial charge in [0.05, 0.1) is 6.04 Å². The van der Waals surface area contributed by atoms with Crippen molar-refractivity contribution in [3.05, 3.63) is 152 Å². The maximum Gasteiger partial charge on any atom is 0.273 e. The van der Waals surface area contributed by atoms with Crippen LogP contribution < -0.4 is 27.9 Å². The molecule has 0 radical (unpaired) electrons. The minimum absolute atomic E-state index is 0.00556. The average Bonchev–Trinajstić information content (AvgIpc) is 3.87. The van der Waals surface area contributed by atoms with E-state index < -0.39 is 11.9 Å². The number of nitrogens with two attached hydrogens (primary N) is 2. The molecule has 8 rings (SSSR count). The summed E-state index contributed by atoms with van der Waals surface area (Å²) in [7, 11) is 0. The third kappa shape index (κ3) is 5.98. The fourth-order valence-electron chi connectivity index (χ4n) is 5.90. The van der Waals surface area contributed by atoms with Crippen LogP contribution in [0.15, 0.2) is 124 Å². The summed E-state index contributed by atoms with van der Waals surface area (Å²) in [5, 5.41) is 12.7. The van der Waals surface area contributed by atoms with Crippen molar-refractivity contribution < 1.29 is 4.79 Å². The topological polar surface area (TPSA) is 155 Å². The summed E-state index contributed by atoms with van der Waals surface area (Å²) >= 11 is 2.87. The third-order valence-electron chi connectivity index (χ3n) is 8.25. The SMILES string of the molecule is C[C@H](N)c1cc2ccsc2c(=O)n1-c1ccccc1.C[C@H](NC(=O)c1c(N)nn2cccnc12)c1cc2ccsc2c(=O)n1-c1ccccc1. The number of carbonyl (C=O) groups is 1. The van der Waals surface area contributed by atoms with Gasteiger partial charge in [-0.1, -0.05) is 36.4 Å². The zero-order valence-corrected chi connectivity index (χ0v) is 28.7. The molecule has 0 aliphatic heterocycles. The van der Waals surface area contributed by atoms with Crippen LogP contribution in [0.25, 0.3) is 37.2 Å². The van der Waals surface area contributed by atoms with E-state index >= 15 is 0 Å². The zero-order chi connectivity index (χ0) is 34.9. The first-order valence-electron chi connectivity index (χ1n) is 15.8. The molecule has 5 N–H and O–H groups in total. The molecule has 0 bridgehead atoms. The molecule has 0 saturated heterocycles. The molecule has 0 aliphatic carbocycles. The highest BCUT2D eigenvalue weighted by Crippen LogP contribution is 2.26. The van der Waals surface area contributed by atoms with Gasteiger partial charge in [-0.25, -0.2) is 9.50 Å². The number of rotatable bonds is 6. The molecule has 13 heteroatoms. The number of amides is 1. The van der Waals surface area contributed by atoms with Gasteiger partial charge in [0.15, 0.2) is 11.5 Å². The third-order valence-corrected chi connectivity index (χ3v) is 10.1. The summed E-state index contributed by atoms with van der Waals surface area (Å²) in [5.74, 6) is -0.312. The van der Waals surface area contributed by atoms with E-state index in [1.54, 1.807) is 27.6 Å². The van der Waals surface area contributed by atoms with Crippen LogP contribution in [0.2, 0.25) is 0 Å². The lowest BCUT2D eigenvalue weighted by Crippen LogP contribution is -2.32. The monoisotopic (exact) mass is 700 g/mol. The van der Waals surface area contributed by atoms with Crippen molar-refractivity contribution in [2.75, 3.05) is 5.73 Å². The first-order chi connectivity index (χ1) is 24.2. The van der Waals surface area contributed by atoms with E-state index in [0.29, 0.717) is 16.0 Å². The van der Waals surface area contributed by atoms with Crippen molar-refractivity contribution in [2.24, 2.45) is 5.73 Å². The summed E-state index contributed by atoms with van der Waals surface area (Å²) in [6.07, 6.45) is 3.25. The van der Waals surface area contributed by atoms with Crippen molar-refractivity contribution in [3.63, 3.8) is 0 Å². The summed E-state index contributed by atoms with van der Waals surface area (Å²) in [5.41, 5.74) is 15.6. The highest BCUT2D eigenvalue weighted by molar-refractivity contribution is 7.17. The van der Waals surface area contributed by atoms with Gasteiger partial charge in [-0.15, -0.1) is 27.8 Å². The molecule has 2 aromatic carbocycles. The van der Waals surface area contributed by atoms with Crippen LogP contribution in [0.1, 0.15) is 47.7 Å². The molecule has 1 amide bonds. The molecule has 0 spiro atoms. The van der Waals surface area contributed by atoms with Gasteiger partial charge >= 0.3 is 0 Å². The van der Waals surface area contributed by atoms with Crippen LogP contribution in [0.5, 0.6) is 0 Å². The highest BCUT2D eigenvalue weighted by Gasteiger charge is 2.23. The molecule has 8 aromatic rings. The number of nitrogens with one attached hydrogen (secondary N) is 1. The van der Waals surface area contributed by atoms with Crippen LogP contribution in [-0.4, -0.2) is 29.6 Å². The molecule has 11 nitrogen and oxygen atoms in total. The average molecular weight is 701 g/mol. The number of para-hydroxylation sites is 2. The highest BCUT2D eigenvalue weighted by atomic mass is 32.1. The van der Waals surface area contributed by atoms with Gasteiger partial charge in [-0.05, 0) is 90.0 Å². The van der Waals surface area contributed by atoms with E-state index in [1.807, 2.05) is 110 Å². The van der Waals surface area contributed by atoms with Crippen molar-refractivity contribution in [1.82, 2.24) is 29.0 Å². The smallest absolute Gasteiger partial charge is 0.273 e. The minimum Gasteiger partial charge on any atom is -0.381 e.